The van der Waals surface area contributed by atoms with E-state index in [0.29, 0.717) is 45.2 Å². The van der Waals surface area contributed by atoms with Gasteiger partial charge < -0.3 is 20.4 Å². The fourth-order valence-corrected chi connectivity index (χ4v) is 1.78. The minimum atomic E-state index is -0.0419. The van der Waals surface area contributed by atoms with Crippen LogP contribution in [-0.2, 0) is 0 Å². The maximum atomic E-state index is 11.8. The van der Waals surface area contributed by atoms with Gasteiger partial charge in [0.1, 0.15) is 0 Å². The van der Waals surface area contributed by atoms with Gasteiger partial charge >= 0.3 is 12.1 Å². The lowest BCUT2D eigenvalue weighted by Crippen LogP contribution is -2.55. The first-order chi connectivity index (χ1) is 8.54. The van der Waals surface area contributed by atoms with Crippen LogP contribution in [0.15, 0.2) is 0 Å². The van der Waals surface area contributed by atoms with Crippen molar-refractivity contribution in [3.63, 3.8) is 0 Å². The Hall–Kier alpha value is -1.46. The third kappa shape index (κ3) is 4.43. The Bertz CT molecular complexity index is 286. The van der Waals surface area contributed by atoms with Crippen LogP contribution >= 0.6 is 0 Å². The van der Waals surface area contributed by atoms with Crippen LogP contribution in [0.1, 0.15) is 20.8 Å². The minimum absolute atomic E-state index is 0.0285. The first-order valence-corrected chi connectivity index (χ1v) is 6.60. The van der Waals surface area contributed by atoms with E-state index in [0.717, 1.165) is 0 Å². The van der Waals surface area contributed by atoms with Gasteiger partial charge in [-0.15, -0.1) is 0 Å². The topological polar surface area (TPSA) is 64.7 Å². The fraction of sp³-hybridized carbons (Fsp3) is 0.833. The Morgan fingerprint density at radius 2 is 1.44 bits per heavy atom. The summed E-state index contributed by atoms with van der Waals surface area (Å²) >= 11 is 0. The van der Waals surface area contributed by atoms with Gasteiger partial charge in [-0.3, -0.25) is 0 Å². The number of amides is 4. The number of carbonyl (C=O) groups is 2. The van der Waals surface area contributed by atoms with Crippen molar-refractivity contribution >= 4 is 12.1 Å². The summed E-state index contributed by atoms with van der Waals surface area (Å²) in [5, 5.41) is 5.66. The number of carbonyl (C=O) groups excluding carboxylic acids is 2. The van der Waals surface area contributed by atoms with Crippen molar-refractivity contribution in [2.45, 2.75) is 20.8 Å². The molecule has 0 aromatic rings. The number of hydrogen-bond donors (Lipinski definition) is 2. The van der Waals surface area contributed by atoms with Crippen molar-refractivity contribution in [1.29, 1.82) is 0 Å². The van der Waals surface area contributed by atoms with Crippen LogP contribution in [-0.4, -0.2) is 61.1 Å². The van der Waals surface area contributed by atoms with E-state index in [1.54, 1.807) is 9.80 Å². The van der Waals surface area contributed by atoms with Gasteiger partial charge in [0, 0.05) is 39.3 Å². The molecule has 1 saturated heterocycles. The number of urea groups is 2. The third-order valence-corrected chi connectivity index (χ3v) is 2.84. The smallest absolute Gasteiger partial charge is 0.317 e. The van der Waals surface area contributed by atoms with Crippen molar-refractivity contribution in [3.05, 3.63) is 0 Å². The van der Waals surface area contributed by atoms with E-state index in [-0.39, 0.29) is 12.1 Å². The number of nitrogens with one attached hydrogen (secondary N) is 2. The van der Waals surface area contributed by atoms with Crippen molar-refractivity contribution in [2.24, 2.45) is 5.92 Å². The number of piperazine rings is 1. The van der Waals surface area contributed by atoms with E-state index in [9.17, 15) is 9.59 Å². The Labute approximate surface area is 109 Å². The minimum Gasteiger partial charge on any atom is -0.338 e. The summed E-state index contributed by atoms with van der Waals surface area (Å²) in [5.41, 5.74) is 0. The van der Waals surface area contributed by atoms with Gasteiger partial charge in [0.15, 0.2) is 0 Å². The summed E-state index contributed by atoms with van der Waals surface area (Å²) in [7, 11) is 0. The van der Waals surface area contributed by atoms with E-state index in [4.69, 9.17) is 0 Å². The van der Waals surface area contributed by atoms with Crippen LogP contribution < -0.4 is 10.6 Å². The molecule has 0 bridgehead atoms. The second-order valence-corrected chi connectivity index (χ2v) is 4.89. The van der Waals surface area contributed by atoms with Gasteiger partial charge in [-0.05, 0) is 12.8 Å². The van der Waals surface area contributed by atoms with Crippen molar-refractivity contribution in [3.8, 4) is 0 Å². The summed E-state index contributed by atoms with van der Waals surface area (Å²) in [6.45, 7) is 9.74. The molecule has 0 atom stereocenters. The monoisotopic (exact) mass is 256 g/mol. The van der Waals surface area contributed by atoms with Gasteiger partial charge in [-0.1, -0.05) is 13.8 Å². The molecule has 0 saturated carbocycles. The lowest BCUT2D eigenvalue weighted by atomic mass is 10.2. The first kappa shape index (κ1) is 14.6. The van der Waals surface area contributed by atoms with E-state index in [1.807, 2.05) is 6.92 Å². The van der Waals surface area contributed by atoms with Gasteiger partial charge in [0.2, 0.25) is 0 Å². The SMILES string of the molecule is CCNC(=O)N1CCN(C(=O)NCC(C)C)CC1. The molecule has 4 amide bonds. The molecule has 0 aromatic carbocycles. The summed E-state index contributed by atoms with van der Waals surface area (Å²) in [6, 6.07) is -0.0704. The summed E-state index contributed by atoms with van der Waals surface area (Å²) in [5.74, 6) is 0.450. The molecule has 6 nitrogen and oxygen atoms in total. The lowest BCUT2D eigenvalue weighted by molar-refractivity contribution is 0.142. The molecule has 0 spiro atoms. The molecule has 0 aromatic heterocycles. The molecule has 1 fully saturated rings. The fourth-order valence-electron chi connectivity index (χ4n) is 1.78. The average Bonchev–Trinajstić information content (AvgIpc) is 2.36. The standard InChI is InChI=1S/C12H24N4O2/c1-4-13-11(17)15-5-7-16(8-6-15)12(18)14-9-10(2)3/h10H,4-9H2,1-3H3,(H,13,17)(H,14,18). The molecule has 0 radical (unpaired) electrons. The molecule has 0 unspecified atom stereocenters. The maximum Gasteiger partial charge on any atom is 0.317 e. The van der Waals surface area contributed by atoms with Crippen LogP contribution in [0.25, 0.3) is 0 Å². The van der Waals surface area contributed by atoms with Crippen molar-refractivity contribution < 1.29 is 9.59 Å². The highest BCUT2D eigenvalue weighted by Crippen LogP contribution is 2.02. The predicted molar refractivity (Wildman–Crippen MR) is 70.5 cm³/mol. The number of nitrogens with zero attached hydrogens (tertiary/aromatic N) is 2. The molecule has 1 aliphatic heterocycles. The van der Waals surface area contributed by atoms with Crippen LogP contribution in [0.5, 0.6) is 0 Å². The zero-order valence-corrected chi connectivity index (χ0v) is 11.5. The van der Waals surface area contributed by atoms with Crippen LogP contribution in [0.4, 0.5) is 9.59 Å². The van der Waals surface area contributed by atoms with Gasteiger partial charge in [0.25, 0.3) is 0 Å². The average molecular weight is 256 g/mol. The Kier molecular flexibility index (Phi) is 5.74. The van der Waals surface area contributed by atoms with Crippen molar-refractivity contribution in [2.75, 3.05) is 39.3 Å². The van der Waals surface area contributed by atoms with Gasteiger partial charge in [-0.25, -0.2) is 9.59 Å². The van der Waals surface area contributed by atoms with Crippen LogP contribution in [0.3, 0.4) is 0 Å². The molecule has 18 heavy (non-hydrogen) atoms. The largest absolute Gasteiger partial charge is 0.338 e. The highest BCUT2D eigenvalue weighted by atomic mass is 16.2. The zero-order chi connectivity index (χ0) is 13.5. The maximum absolute atomic E-state index is 11.8. The van der Waals surface area contributed by atoms with Gasteiger partial charge in [0.05, 0.1) is 0 Å². The quantitative estimate of drug-likeness (QED) is 0.780. The summed E-state index contributed by atoms with van der Waals surface area (Å²) < 4.78 is 0. The molecule has 2 N–H and O–H groups in total. The van der Waals surface area contributed by atoms with E-state index >= 15 is 0 Å². The molecule has 6 heteroatoms. The Morgan fingerprint density at radius 3 is 1.83 bits per heavy atom. The molecular formula is C12H24N4O2. The van der Waals surface area contributed by atoms with Crippen molar-refractivity contribution in [1.82, 2.24) is 20.4 Å². The third-order valence-electron chi connectivity index (χ3n) is 2.84. The lowest BCUT2D eigenvalue weighted by Gasteiger charge is -2.34. The van der Waals surface area contributed by atoms with Crippen LogP contribution in [0.2, 0.25) is 0 Å². The summed E-state index contributed by atoms with van der Waals surface area (Å²) in [6.07, 6.45) is 0. The molecule has 0 aliphatic carbocycles. The second kappa shape index (κ2) is 7.08. The number of rotatable bonds is 3. The Morgan fingerprint density at radius 1 is 1.00 bits per heavy atom. The van der Waals surface area contributed by atoms with E-state index < -0.39 is 0 Å². The summed E-state index contributed by atoms with van der Waals surface area (Å²) in [4.78, 5) is 26.9. The first-order valence-electron chi connectivity index (χ1n) is 6.60. The normalized spacial score (nSPS) is 15.8. The number of hydrogen-bond acceptors (Lipinski definition) is 2. The molecule has 1 rings (SSSR count). The Balaban J connectivity index is 2.30. The zero-order valence-electron chi connectivity index (χ0n) is 11.5. The molecule has 1 aliphatic rings. The second-order valence-electron chi connectivity index (χ2n) is 4.89. The van der Waals surface area contributed by atoms with E-state index in [2.05, 4.69) is 24.5 Å². The van der Waals surface area contributed by atoms with Gasteiger partial charge in [-0.2, -0.15) is 0 Å². The molecule has 104 valence electrons. The highest BCUT2D eigenvalue weighted by molar-refractivity contribution is 5.76. The predicted octanol–water partition coefficient (Wildman–Crippen LogP) is 0.699. The van der Waals surface area contributed by atoms with E-state index in [1.165, 1.54) is 0 Å². The highest BCUT2D eigenvalue weighted by Gasteiger charge is 2.23. The van der Waals surface area contributed by atoms with Crippen LogP contribution in [0, 0.1) is 5.92 Å². The molecule has 1 heterocycles. The molecular weight excluding hydrogens is 232 g/mol.